The average molecular weight is 252 g/mol. The van der Waals surface area contributed by atoms with Crippen molar-refractivity contribution in [3.63, 3.8) is 0 Å². The van der Waals surface area contributed by atoms with E-state index in [1.165, 1.54) is 44.9 Å². The lowest BCUT2D eigenvalue weighted by molar-refractivity contribution is -0.146. The first-order chi connectivity index (χ1) is 8.72. The molecular weight excluding hydrogens is 224 g/mol. The third kappa shape index (κ3) is 10.2. The van der Waals surface area contributed by atoms with Crippen LogP contribution in [0.5, 0.6) is 0 Å². The van der Waals surface area contributed by atoms with E-state index in [0.29, 0.717) is 0 Å². The zero-order valence-electron chi connectivity index (χ0n) is 12.0. The van der Waals surface area contributed by atoms with E-state index >= 15 is 0 Å². The van der Waals surface area contributed by atoms with Gasteiger partial charge < -0.3 is 4.74 Å². The topological polar surface area (TPSA) is 26.3 Å². The van der Waals surface area contributed by atoms with Crippen LogP contribution in [0.1, 0.15) is 71.6 Å². The molecule has 0 spiro atoms. The van der Waals surface area contributed by atoms with Gasteiger partial charge in [0, 0.05) is 0 Å². The summed E-state index contributed by atoms with van der Waals surface area (Å²) >= 11 is 0. The summed E-state index contributed by atoms with van der Waals surface area (Å²) in [5, 5.41) is 0. The van der Waals surface area contributed by atoms with Crippen molar-refractivity contribution in [3.8, 4) is 12.3 Å². The van der Waals surface area contributed by atoms with Crippen LogP contribution in [-0.4, -0.2) is 12.6 Å². The summed E-state index contributed by atoms with van der Waals surface area (Å²) in [7, 11) is 0. The monoisotopic (exact) mass is 252 g/mol. The first-order valence-corrected chi connectivity index (χ1v) is 7.32. The zero-order chi connectivity index (χ0) is 13.6. The van der Waals surface area contributed by atoms with Gasteiger partial charge in [-0.2, -0.15) is 0 Å². The van der Waals surface area contributed by atoms with Crippen molar-refractivity contribution in [1.29, 1.82) is 0 Å². The van der Waals surface area contributed by atoms with Crippen LogP contribution in [-0.2, 0) is 9.53 Å². The van der Waals surface area contributed by atoms with Gasteiger partial charge in [-0.1, -0.05) is 71.1 Å². The number of carbonyl (C=O) groups is 1. The van der Waals surface area contributed by atoms with Crippen LogP contribution < -0.4 is 0 Å². The summed E-state index contributed by atoms with van der Waals surface area (Å²) in [6, 6.07) is 0. The van der Waals surface area contributed by atoms with E-state index in [1.54, 1.807) is 0 Å². The van der Waals surface area contributed by atoms with E-state index in [4.69, 9.17) is 11.2 Å². The molecule has 1 atom stereocenters. The average Bonchev–Trinajstić information content (AvgIpc) is 2.38. The van der Waals surface area contributed by atoms with E-state index < -0.39 is 0 Å². The maximum Gasteiger partial charge on any atom is 0.309 e. The molecule has 0 rings (SSSR count). The molecule has 0 aliphatic carbocycles. The highest BCUT2D eigenvalue weighted by molar-refractivity contribution is 5.72. The molecule has 0 aliphatic heterocycles. The van der Waals surface area contributed by atoms with Crippen molar-refractivity contribution in [2.24, 2.45) is 5.92 Å². The number of hydrogen-bond donors (Lipinski definition) is 0. The molecule has 0 fully saturated rings. The Hall–Kier alpha value is -0.970. The molecule has 0 saturated heterocycles. The summed E-state index contributed by atoms with van der Waals surface area (Å²) in [5.41, 5.74) is 0. The predicted molar refractivity (Wildman–Crippen MR) is 76.2 cm³/mol. The Labute approximate surface area is 112 Å². The number of ether oxygens (including phenoxy) is 1. The summed E-state index contributed by atoms with van der Waals surface area (Å²) in [5.74, 6) is 2.14. The van der Waals surface area contributed by atoms with Crippen molar-refractivity contribution >= 4 is 5.97 Å². The second-order valence-corrected chi connectivity index (χ2v) is 4.98. The lowest BCUT2D eigenvalue weighted by Crippen LogP contribution is -2.14. The van der Waals surface area contributed by atoms with Gasteiger partial charge in [0.1, 0.15) is 0 Å². The van der Waals surface area contributed by atoms with Crippen LogP contribution >= 0.6 is 0 Å². The molecule has 0 amide bonds. The van der Waals surface area contributed by atoms with Gasteiger partial charge in [-0.15, -0.1) is 6.42 Å². The number of esters is 1. The third-order valence-corrected chi connectivity index (χ3v) is 3.19. The molecule has 0 aliphatic rings. The van der Waals surface area contributed by atoms with Crippen LogP contribution in [0, 0.1) is 18.3 Å². The van der Waals surface area contributed by atoms with Gasteiger partial charge in [0.2, 0.25) is 0 Å². The predicted octanol–water partition coefficient (Wildman–Crippen LogP) is 4.33. The Morgan fingerprint density at radius 3 is 2.22 bits per heavy atom. The van der Waals surface area contributed by atoms with Crippen LogP contribution in [0.2, 0.25) is 0 Å². The Bertz CT molecular complexity index is 240. The Kier molecular flexibility index (Phi) is 11.8. The van der Waals surface area contributed by atoms with Crippen LogP contribution in [0.4, 0.5) is 0 Å². The van der Waals surface area contributed by atoms with Crippen molar-refractivity contribution in [2.45, 2.75) is 71.6 Å². The van der Waals surface area contributed by atoms with Crippen LogP contribution in [0.3, 0.4) is 0 Å². The van der Waals surface area contributed by atoms with Crippen molar-refractivity contribution in [3.05, 3.63) is 0 Å². The zero-order valence-corrected chi connectivity index (χ0v) is 12.0. The highest BCUT2D eigenvalue weighted by Gasteiger charge is 2.12. The molecule has 2 nitrogen and oxygen atoms in total. The molecule has 0 radical (unpaired) electrons. The highest BCUT2D eigenvalue weighted by Crippen LogP contribution is 2.14. The minimum absolute atomic E-state index is 0.0153. The number of unbranched alkanes of at least 4 members (excludes halogenated alkanes) is 7. The minimum atomic E-state index is -0.157. The van der Waals surface area contributed by atoms with Crippen LogP contribution in [0.25, 0.3) is 0 Å². The Balaban J connectivity index is 3.32. The summed E-state index contributed by atoms with van der Waals surface area (Å²) in [6.07, 6.45) is 16.3. The smallest absolute Gasteiger partial charge is 0.309 e. The lowest BCUT2D eigenvalue weighted by Gasteiger charge is -2.09. The molecule has 0 heterocycles. The van der Waals surface area contributed by atoms with Gasteiger partial charge in [-0.05, 0) is 6.42 Å². The molecule has 104 valence electrons. The highest BCUT2D eigenvalue weighted by atomic mass is 16.5. The molecule has 1 unspecified atom stereocenters. The van der Waals surface area contributed by atoms with E-state index in [1.807, 2.05) is 6.92 Å². The Morgan fingerprint density at radius 1 is 1.11 bits per heavy atom. The second-order valence-electron chi connectivity index (χ2n) is 4.98. The summed E-state index contributed by atoms with van der Waals surface area (Å²) in [4.78, 5) is 11.4. The van der Waals surface area contributed by atoms with E-state index in [-0.39, 0.29) is 18.5 Å². The Morgan fingerprint density at radius 2 is 1.67 bits per heavy atom. The minimum Gasteiger partial charge on any atom is -0.452 e. The van der Waals surface area contributed by atoms with E-state index in [0.717, 1.165) is 12.8 Å². The number of terminal acetylenes is 1. The van der Waals surface area contributed by atoms with Gasteiger partial charge in [-0.3, -0.25) is 4.79 Å². The fourth-order valence-electron chi connectivity index (χ4n) is 1.96. The largest absolute Gasteiger partial charge is 0.452 e. The van der Waals surface area contributed by atoms with Crippen molar-refractivity contribution in [2.75, 3.05) is 6.61 Å². The van der Waals surface area contributed by atoms with Gasteiger partial charge in [0.15, 0.2) is 6.61 Å². The molecule has 18 heavy (non-hydrogen) atoms. The maximum absolute atomic E-state index is 11.4. The normalized spacial score (nSPS) is 11.8. The van der Waals surface area contributed by atoms with Gasteiger partial charge in [0.25, 0.3) is 0 Å². The van der Waals surface area contributed by atoms with Crippen molar-refractivity contribution < 1.29 is 9.53 Å². The van der Waals surface area contributed by atoms with Crippen LogP contribution in [0.15, 0.2) is 0 Å². The first kappa shape index (κ1) is 17.0. The van der Waals surface area contributed by atoms with E-state index in [2.05, 4.69) is 12.8 Å². The third-order valence-electron chi connectivity index (χ3n) is 3.19. The molecule has 0 aromatic rings. The maximum atomic E-state index is 11.4. The SMILES string of the molecule is C#CCOC(=O)C(C)CCCCCCCCCC. The van der Waals surface area contributed by atoms with Gasteiger partial charge in [-0.25, -0.2) is 0 Å². The summed E-state index contributed by atoms with van der Waals surface area (Å²) < 4.78 is 4.90. The summed E-state index contributed by atoms with van der Waals surface area (Å²) in [6.45, 7) is 4.25. The van der Waals surface area contributed by atoms with Gasteiger partial charge in [0.05, 0.1) is 5.92 Å². The number of carbonyl (C=O) groups excluding carboxylic acids is 1. The fourth-order valence-corrected chi connectivity index (χ4v) is 1.96. The molecule has 2 heteroatoms. The quantitative estimate of drug-likeness (QED) is 0.311. The molecule has 0 saturated carbocycles. The number of hydrogen-bond acceptors (Lipinski definition) is 2. The van der Waals surface area contributed by atoms with Gasteiger partial charge >= 0.3 is 5.97 Å². The standard InChI is InChI=1S/C16H28O2/c1-4-6-7-8-9-10-11-12-13-15(3)16(17)18-14-5-2/h2,15H,4,6-14H2,1,3H3. The fraction of sp³-hybridized carbons (Fsp3) is 0.812. The first-order valence-electron chi connectivity index (χ1n) is 7.32. The van der Waals surface area contributed by atoms with Crippen molar-refractivity contribution in [1.82, 2.24) is 0 Å². The molecule has 0 bridgehead atoms. The molecule has 0 aromatic carbocycles. The molecule has 0 aromatic heterocycles. The second kappa shape index (κ2) is 12.5. The van der Waals surface area contributed by atoms with E-state index in [9.17, 15) is 4.79 Å². The molecular formula is C16H28O2. The molecule has 0 N–H and O–H groups in total. The number of rotatable bonds is 11. The lowest BCUT2D eigenvalue weighted by atomic mass is 10.0.